The van der Waals surface area contributed by atoms with Crippen molar-refractivity contribution in [3.63, 3.8) is 0 Å². The van der Waals surface area contributed by atoms with Gasteiger partial charge in [0.25, 0.3) is 5.91 Å². The fourth-order valence-electron chi connectivity index (χ4n) is 4.27. The summed E-state index contributed by atoms with van der Waals surface area (Å²) in [4.78, 5) is 26.3. The molecule has 2 aromatic heterocycles. The number of pyridine rings is 1. The van der Waals surface area contributed by atoms with Gasteiger partial charge in [0.05, 0.1) is 10.9 Å². The number of hydrogen-bond donors (Lipinski definition) is 1. The maximum atomic E-state index is 13.4. The van der Waals surface area contributed by atoms with E-state index in [1.54, 1.807) is 6.20 Å². The van der Waals surface area contributed by atoms with Gasteiger partial charge < -0.3 is 9.72 Å². The summed E-state index contributed by atoms with van der Waals surface area (Å²) in [6, 6.07) is 8.00. The predicted octanol–water partition coefficient (Wildman–Crippen LogP) is 4.67. The molecule has 1 N–H and O–H groups in total. The van der Waals surface area contributed by atoms with E-state index in [0.717, 1.165) is 38.9 Å². The molecule has 148 valence electrons. The highest BCUT2D eigenvalue weighted by Gasteiger charge is 2.23. The van der Waals surface area contributed by atoms with Crippen LogP contribution >= 0.6 is 0 Å². The monoisotopic (exact) mass is 386 g/mol. The molecule has 4 aromatic rings. The van der Waals surface area contributed by atoms with Crippen LogP contribution in [-0.4, -0.2) is 10.3 Å². The lowest BCUT2D eigenvalue weighted by atomic mass is 9.93. The quantitative estimate of drug-likeness (QED) is 0.556. The number of aromatic nitrogens is 1. The first-order chi connectivity index (χ1) is 13.7. The van der Waals surface area contributed by atoms with E-state index in [4.69, 9.17) is 0 Å². The Morgan fingerprint density at radius 2 is 1.48 bits per heavy atom. The van der Waals surface area contributed by atoms with Crippen molar-refractivity contribution >= 4 is 22.2 Å². The van der Waals surface area contributed by atoms with E-state index in [1.165, 1.54) is 11.1 Å². The molecule has 2 heterocycles. The van der Waals surface area contributed by atoms with Gasteiger partial charge in [-0.2, -0.15) is 0 Å². The van der Waals surface area contributed by atoms with Gasteiger partial charge in [-0.15, -0.1) is 0 Å². The number of carbonyl (C=O) groups excluding carboxylic acids is 1. The first kappa shape index (κ1) is 19.2. The van der Waals surface area contributed by atoms with Crippen LogP contribution in [0.15, 0.2) is 35.3 Å². The second-order valence-corrected chi connectivity index (χ2v) is 8.09. The molecule has 4 nitrogen and oxygen atoms in total. The van der Waals surface area contributed by atoms with Crippen LogP contribution in [0.3, 0.4) is 0 Å². The van der Waals surface area contributed by atoms with E-state index in [9.17, 15) is 9.59 Å². The van der Waals surface area contributed by atoms with Crippen molar-refractivity contribution in [1.29, 1.82) is 0 Å². The average molecular weight is 386 g/mol. The molecule has 0 unspecified atom stereocenters. The molecule has 2 aromatic carbocycles. The summed E-state index contributed by atoms with van der Waals surface area (Å²) in [6.45, 7) is 12.7. The van der Waals surface area contributed by atoms with Crippen molar-refractivity contribution < 1.29 is 4.79 Å². The van der Waals surface area contributed by atoms with Gasteiger partial charge in [-0.1, -0.05) is 29.8 Å². The topological polar surface area (TPSA) is 50.6 Å². The summed E-state index contributed by atoms with van der Waals surface area (Å²) in [5.74, 6) is -0.335. The number of rotatable bonds is 3. The normalized spacial score (nSPS) is 11.5. The third-order valence-electron chi connectivity index (χ3n) is 6.42. The maximum Gasteiger partial charge on any atom is 0.257 e. The van der Waals surface area contributed by atoms with Crippen molar-refractivity contribution in [3.05, 3.63) is 85.3 Å². The molecule has 0 aliphatic carbocycles. The van der Waals surface area contributed by atoms with Crippen molar-refractivity contribution in [1.82, 2.24) is 9.72 Å². The second kappa shape index (κ2) is 6.73. The Balaban J connectivity index is 1.87. The van der Waals surface area contributed by atoms with E-state index in [2.05, 4.69) is 26.1 Å². The molecule has 0 spiro atoms. The number of nitrogens with one attached hydrogen (secondary N) is 1. The minimum absolute atomic E-state index is 0.191. The van der Waals surface area contributed by atoms with Crippen LogP contribution in [0.2, 0.25) is 0 Å². The number of hydrogen-bond acceptors (Lipinski definition) is 2. The Bertz CT molecular complexity index is 1330. The fraction of sp³-hybridized carbons (Fsp3) is 0.280. The van der Waals surface area contributed by atoms with Crippen molar-refractivity contribution in [2.45, 2.75) is 48.1 Å². The maximum absolute atomic E-state index is 13.4. The van der Waals surface area contributed by atoms with Crippen molar-refractivity contribution in [2.75, 3.05) is 0 Å². The van der Waals surface area contributed by atoms with Crippen LogP contribution in [0.4, 0.5) is 0 Å². The van der Waals surface area contributed by atoms with E-state index in [-0.39, 0.29) is 16.9 Å². The molecule has 0 saturated carbocycles. The molecule has 4 heteroatoms. The van der Waals surface area contributed by atoms with Crippen LogP contribution in [0.1, 0.15) is 49.4 Å². The Morgan fingerprint density at radius 3 is 2.14 bits per heavy atom. The molecule has 0 bridgehead atoms. The van der Waals surface area contributed by atoms with Gasteiger partial charge in [-0.25, -0.2) is 0 Å². The van der Waals surface area contributed by atoms with Crippen LogP contribution in [-0.2, 0) is 6.54 Å². The lowest BCUT2D eigenvalue weighted by Gasteiger charge is -2.13. The van der Waals surface area contributed by atoms with Crippen LogP contribution in [0, 0.1) is 41.5 Å². The van der Waals surface area contributed by atoms with Gasteiger partial charge in [-0.3, -0.25) is 9.59 Å². The Kier molecular flexibility index (Phi) is 4.45. The average Bonchev–Trinajstić information content (AvgIpc) is 2.95. The zero-order valence-corrected chi connectivity index (χ0v) is 17.9. The summed E-state index contributed by atoms with van der Waals surface area (Å²) in [7, 11) is 0. The SMILES string of the molecule is Cc1ccc(CNC(=O)c2cn3c(C)c(C)c4c(C)c(C)c(C)c(c2=O)c43)cc1. The van der Waals surface area contributed by atoms with Gasteiger partial charge in [0.1, 0.15) is 5.56 Å². The van der Waals surface area contributed by atoms with Gasteiger partial charge in [-0.05, 0) is 69.4 Å². The van der Waals surface area contributed by atoms with Gasteiger partial charge in [0.2, 0.25) is 5.43 Å². The van der Waals surface area contributed by atoms with Crippen molar-refractivity contribution in [2.24, 2.45) is 0 Å². The summed E-state index contributed by atoms with van der Waals surface area (Å²) >= 11 is 0. The molecule has 0 radical (unpaired) electrons. The highest BCUT2D eigenvalue weighted by Crippen LogP contribution is 2.34. The molecule has 0 fully saturated rings. The molecule has 1 amide bonds. The molecule has 29 heavy (non-hydrogen) atoms. The third kappa shape index (κ3) is 2.82. The molecule has 0 saturated heterocycles. The Hall–Kier alpha value is -3.14. The zero-order chi connectivity index (χ0) is 21.0. The summed E-state index contributed by atoms with van der Waals surface area (Å²) in [5, 5.41) is 4.70. The summed E-state index contributed by atoms with van der Waals surface area (Å²) < 4.78 is 2.02. The first-order valence-corrected chi connectivity index (χ1v) is 9.93. The van der Waals surface area contributed by atoms with E-state index >= 15 is 0 Å². The van der Waals surface area contributed by atoms with Gasteiger partial charge in [0, 0.05) is 23.8 Å². The Morgan fingerprint density at radius 1 is 0.862 bits per heavy atom. The van der Waals surface area contributed by atoms with Gasteiger partial charge in [0.15, 0.2) is 0 Å². The Labute approximate surface area is 170 Å². The fourth-order valence-corrected chi connectivity index (χ4v) is 4.27. The minimum Gasteiger partial charge on any atom is -0.348 e. The van der Waals surface area contributed by atoms with Crippen LogP contribution < -0.4 is 10.7 Å². The lowest BCUT2D eigenvalue weighted by Crippen LogP contribution is -2.29. The molecular formula is C25H26N2O2. The zero-order valence-electron chi connectivity index (χ0n) is 17.9. The van der Waals surface area contributed by atoms with E-state index in [1.807, 2.05) is 49.4 Å². The minimum atomic E-state index is -0.335. The third-order valence-corrected chi connectivity index (χ3v) is 6.42. The molecular weight excluding hydrogens is 360 g/mol. The van der Waals surface area contributed by atoms with Gasteiger partial charge >= 0.3 is 0 Å². The van der Waals surface area contributed by atoms with Crippen LogP contribution in [0.25, 0.3) is 16.3 Å². The number of benzene rings is 2. The number of amides is 1. The highest BCUT2D eigenvalue weighted by molar-refractivity contribution is 6.06. The lowest BCUT2D eigenvalue weighted by molar-refractivity contribution is 0.0949. The van der Waals surface area contributed by atoms with E-state index < -0.39 is 0 Å². The summed E-state index contributed by atoms with van der Waals surface area (Å²) in [6.07, 6.45) is 1.71. The van der Waals surface area contributed by atoms with Crippen molar-refractivity contribution in [3.8, 4) is 0 Å². The second-order valence-electron chi connectivity index (χ2n) is 8.09. The van der Waals surface area contributed by atoms with Crippen LogP contribution in [0.5, 0.6) is 0 Å². The molecule has 0 aliphatic rings. The number of carbonyl (C=O) groups is 1. The standard InChI is InChI=1S/C25H26N2O2/c1-13-7-9-19(10-8-13)11-26-25(29)20-12-27-18(6)17(5)21-15(3)14(2)16(4)22(23(21)27)24(20)28/h7-10,12H,11H2,1-6H3,(H,26,29). The number of nitrogens with zero attached hydrogens (tertiary/aromatic N) is 1. The number of aryl methyl sites for hydroxylation is 5. The molecule has 0 aliphatic heterocycles. The molecule has 4 rings (SSSR count). The largest absolute Gasteiger partial charge is 0.348 e. The predicted molar refractivity (Wildman–Crippen MR) is 118 cm³/mol. The summed E-state index contributed by atoms with van der Waals surface area (Å²) in [5.41, 5.74) is 8.60. The van der Waals surface area contributed by atoms with E-state index in [0.29, 0.717) is 11.9 Å². The highest BCUT2D eigenvalue weighted by atomic mass is 16.2. The molecule has 0 atom stereocenters. The smallest absolute Gasteiger partial charge is 0.257 e. The first-order valence-electron chi connectivity index (χ1n) is 9.93.